The number of furan rings is 1. The Morgan fingerprint density at radius 3 is 2.71 bits per heavy atom. The summed E-state index contributed by atoms with van der Waals surface area (Å²) in [7, 11) is 0. The van der Waals surface area contributed by atoms with Gasteiger partial charge in [0.2, 0.25) is 11.6 Å². The third-order valence-corrected chi connectivity index (χ3v) is 2.65. The number of halogens is 1. The van der Waals surface area contributed by atoms with E-state index in [1.54, 1.807) is 6.07 Å². The van der Waals surface area contributed by atoms with Gasteiger partial charge >= 0.3 is 0 Å². The number of hydrogen-bond donors (Lipinski definition) is 0. The Morgan fingerprint density at radius 1 is 1.43 bits per heavy atom. The van der Waals surface area contributed by atoms with Crippen LogP contribution in [0, 0.1) is 11.3 Å². The summed E-state index contributed by atoms with van der Waals surface area (Å²) in [4.78, 5) is 2.06. The van der Waals surface area contributed by atoms with Crippen LogP contribution in [0.1, 0.15) is 5.76 Å². The number of anilines is 1. The van der Waals surface area contributed by atoms with E-state index in [0.29, 0.717) is 19.0 Å². The van der Waals surface area contributed by atoms with Crippen LogP contribution in [0.2, 0.25) is 0 Å². The fraction of sp³-hybridized carbons (Fsp3) is 0.444. The van der Waals surface area contributed by atoms with Crippen molar-refractivity contribution in [2.75, 3.05) is 31.2 Å². The Labute approximate surface area is 90.2 Å². The molecule has 74 valence electrons. The van der Waals surface area contributed by atoms with E-state index in [1.165, 1.54) is 0 Å². The van der Waals surface area contributed by atoms with Gasteiger partial charge in [-0.05, 0) is 15.9 Å². The lowest BCUT2D eigenvalue weighted by atomic mass is 10.4. The highest BCUT2D eigenvalue weighted by molar-refractivity contribution is 9.10. The molecule has 5 heteroatoms. The molecule has 2 heterocycles. The molecule has 0 N–H and O–H groups in total. The second-order valence-corrected chi connectivity index (χ2v) is 3.83. The molecule has 14 heavy (non-hydrogen) atoms. The van der Waals surface area contributed by atoms with Gasteiger partial charge in [-0.2, -0.15) is 5.26 Å². The molecule has 1 aliphatic heterocycles. The number of rotatable bonds is 1. The highest BCUT2D eigenvalue weighted by atomic mass is 79.9. The maximum Gasteiger partial charge on any atom is 0.211 e. The first kappa shape index (κ1) is 9.56. The van der Waals surface area contributed by atoms with E-state index in [4.69, 9.17) is 14.4 Å². The molecule has 2 rings (SSSR count). The zero-order valence-corrected chi connectivity index (χ0v) is 9.08. The lowest BCUT2D eigenvalue weighted by Gasteiger charge is -2.26. The van der Waals surface area contributed by atoms with Gasteiger partial charge in [0.05, 0.1) is 17.7 Å². The summed E-state index contributed by atoms with van der Waals surface area (Å²) in [5, 5.41) is 8.67. The van der Waals surface area contributed by atoms with Gasteiger partial charge in [0.25, 0.3) is 0 Å². The molecule has 0 aromatic carbocycles. The predicted molar refractivity (Wildman–Crippen MR) is 54.2 cm³/mol. The quantitative estimate of drug-likeness (QED) is 0.769. The number of morpholine rings is 1. The Morgan fingerprint density at radius 2 is 2.14 bits per heavy atom. The Hall–Kier alpha value is -0.990. The highest BCUT2D eigenvalue weighted by Gasteiger charge is 2.18. The molecule has 1 aromatic heterocycles. The van der Waals surface area contributed by atoms with Crippen molar-refractivity contribution in [1.29, 1.82) is 5.26 Å². The Kier molecular flexibility index (Phi) is 2.75. The van der Waals surface area contributed by atoms with E-state index in [2.05, 4.69) is 20.8 Å². The lowest BCUT2D eigenvalue weighted by Crippen LogP contribution is -2.36. The van der Waals surface area contributed by atoms with Crippen molar-refractivity contribution in [3.05, 3.63) is 16.3 Å². The molecule has 0 bridgehead atoms. The number of ether oxygens (including phenoxy) is 1. The van der Waals surface area contributed by atoms with Gasteiger partial charge in [0.15, 0.2) is 0 Å². The van der Waals surface area contributed by atoms with Gasteiger partial charge in [-0.15, -0.1) is 0 Å². The van der Waals surface area contributed by atoms with Gasteiger partial charge in [-0.3, -0.25) is 0 Å². The molecule has 1 aliphatic rings. The standard InChI is InChI=1S/C9H9BrN2O2/c10-8-5-7(6-11)14-9(8)12-1-3-13-4-2-12/h5H,1-4H2. The normalized spacial score (nSPS) is 16.7. The van der Waals surface area contributed by atoms with Crippen LogP contribution < -0.4 is 4.90 Å². The molecular formula is C9H9BrN2O2. The van der Waals surface area contributed by atoms with E-state index in [0.717, 1.165) is 23.4 Å². The van der Waals surface area contributed by atoms with E-state index >= 15 is 0 Å². The van der Waals surface area contributed by atoms with Crippen molar-refractivity contribution in [2.24, 2.45) is 0 Å². The summed E-state index contributed by atoms with van der Waals surface area (Å²) in [6.07, 6.45) is 0. The average molecular weight is 257 g/mol. The smallest absolute Gasteiger partial charge is 0.211 e. The first-order valence-electron chi connectivity index (χ1n) is 4.33. The summed E-state index contributed by atoms with van der Waals surface area (Å²) < 4.78 is 11.4. The van der Waals surface area contributed by atoms with Crippen LogP contribution in [0.3, 0.4) is 0 Å². The monoisotopic (exact) mass is 256 g/mol. The summed E-state index contributed by atoms with van der Waals surface area (Å²) in [5.74, 6) is 1.06. The molecule has 0 amide bonds. The summed E-state index contributed by atoms with van der Waals surface area (Å²) in [6.45, 7) is 3.01. The van der Waals surface area contributed by atoms with E-state index in [1.807, 2.05) is 6.07 Å². The number of nitriles is 1. The van der Waals surface area contributed by atoms with Crippen LogP contribution in [0.25, 0.3) is 0 Å². The molecule has 1 aromatic rings. The maximum atomic E-state index is 8.67. The second kappa shape index (κ2) is 4.03. The van der Waals surface area contributed by atoms with E-state index in [-0.39, 0.29) is 0 Å². The van der Waals surface area contributed by atoms with Gasteiger partial charge < -0.3 is 14.1 Å². The molecule has 0 unspecified atom stereocenters. The molecule has 1 fully saturated rings. The minimum atomic E-state index is 0.332. The second-order valence-electron chi connectivity index (χ2n) is 2.97. The Balaban J connectivity index is 2.22. The molecule has 0 saturated carbocycles. The summed E-state index contributed by atoms with van der Waals surface area (Å²) in [5.41, 5.74) is 0. The van der Waals surface area contributed by atoms with Gasteiger partial charge in [-0.25, -0.2) is 0 Å². The lowest BCUT2D eigenvalue weighted by molar-refractivity contribution is 0.120. The fourth-order valence-electron chi connectivity index (χ4n) is 1.40. The third kappa shape index (κ3) is 1.76. The molecular weight excluding hydrogens is 248 g/mol. The van der Waals surface area contributed by atoms with Crippen molar-refractivity contribution < 1.29 is 9.15 Å². The minimum Gasteiger partial charge on any atom is -0.429 e. The molecule has 1 saturated heterocycles. The van der Waals surface area contributed by atoms with Crippen molar-refractivity contribution in [3.63, 3.8) is 0 Å². The van der Waals surface area contributed by atoms with Crippen LogP contribution in [-0.4, -0.2) is 26.3 Å². The number of hydrogen-bond acceptors (Lipinski definition) is 4. The van der Waals surface area contributed by atoms with Crippen molar-refractivity contribution >= 4 is 21.8 Å². The molecule has 4 nitrogen and oxygen atoms in total. The van der Waals surface area contributed by atoms with Gasteiger partial charge in [-0.1, -0.05) is 0 Å². The molecule has 0 atom stereocenters. The molecule has 0 aliphatic carbocycles. The largest absolute Gasteiger partial charge is 0.429 e. The topological polar surface area (TPSA) is 49.4 Å². The first-order valence-corrected chi connectivity index (χ1v) is 5.12. The van der Waals surface area contributed by atoms with Crippen molar-refractivity contribution in [1.82, 2.24) is 0 Å². The zero-order chi connectivity index (χ0) is 9.97. The Bertz CT molecular complexity index is 363. The maximum absolute atomic E-state index is 8.67. The van der Waals surface area contributed by atoms with Crippen LogP contribution in [-0.2, 0) is 4.74 Å². The number of nitrogens with zero attached hydrogens (tertiary/aromatic N) is 2. The fourth-order valence-corrected chi connectivity index (χ4v) is 1.94. The highest BCUT2D eigenvalue weighted by Crippen LogP contribution is 2.30. The SMILES string of the molecule is N#Cc1cc(Br)c(N2CCOCC2)o1. The van der Waals surface area contributed by atoms with Crippen LogP contribution in [0.4, 0.5) is 5.88 Å². The van der Waals surface area contributed by atoms with E-state index in [9.17, 15) is 0 Å². The van der Waals surface area contributed by atoms with Crippen molar-refractivity contribution in [2.45, 2.75) is 0 Å². The zero-order valence-electron chi connectivity index (χ0n) is 7.49. The van der Waals surface area contributed by atoms with Crippen LogP contribution in [0.5, 0.6) is 0 Å². The molecule has 0 spiro atoms. The van der Waals surface area contributed by atoms with Crippen LogP contribution >= 0.6 is 15.9 Å². The van der Waals surface area contributed by atoms with E-state index < -0.39 is 0 Å². The van der Waals surface area contributed by atoms with Gasteiger partial charge in [0, 0.05) is 19.2 Å². The molecule has 0 radical (unpaired) electrons. The van der Waals surface area contributed by atoms with Gasteiger partial charge in [0.1, 0.15) is 6.07 Å². The first-order chi connectivity index (χ1) is 6.81. The third-order valence-electron chi connectivity index (χ3n) is 2.08. The minimum absolute atomic E-state index is 0.332. The summed E-state index contributed by atoms with van der Waals surface area (Å²) >= 11 is 3.37. The predicted octanol–water partition coefficient (Wildman–Crippen LogP) is 1.75. The van der Waals surface area contributed by atoms with Crippen molar-refractivity contribution in [3.8, 4) is 6.07 Å². The van der Waals surface area contributed by atoms with Crippen LogP contribution in [0.15, 0.2) is 15.0 Å². The summed E-state index contributed by atoms with van der Waals surface area (Å²) in [6, 6.07) is 3.66. The average Bonchev–Trinajstić information content (AvgIpc) is 2.61.